The van der Waals surface area contributed by atoms with Crippen molar-refractivity contribution in [1.82, 2.24) is 10.2 Å². The molecule has 0 radical (unpaired) electrons. The van der Waals surface area contributed by atoms with Crippen LogP contribution in [0.1, 0.15) is 5.56 Å². The van der Waals surface area contributed by atoms with Gasteiger partial charge in [-0.15, -0.1) is 0 Å². The van der Waals surface area contributed by atoms with Gasteiger partial charge in [0, 0.05) is 16.8 Å². The van der Waals surface area contributed by atoms with Gasteiger partial charge in [-0.25, -0.2) is 0 Å². The van der Waals surface area contributed by atoms with Crippen LogP contribution in [-0.4, -0.2) is 10.2 Å². The molecule has 2 rings (SSSR count). The summed E-state index contributed by atoms with van der Waals surface area (Å²) in [5.74, 6) is 0. The van der Waals surface area contributed by atoms with Crippen molar-refractivity contribution in [3.8, 4) is 11.3 Å². The van der Waals surface area contributed by atoms with E-state index in [-0.39, 0.29) is 0 Å². The molecule has 0 spiro atoms. The van der Waals surface area contributed by atoms with E-state index < -0.39 is 0 Å². The van der Waals surface area contributed by atoms with Crippen LogP contribution < -0.4 is 0 Å². The van der Waals surface area contributed by atoms with Crippen LogP contribution in [0.5, 0.6) is 0 Å². The highest BCUT2D eigenvalue weighted by molar-refractivity contribution is 6.30. The molecule has 0 fully saturated rings. The zero-order valence-corrected chi connectivity index (χ0v) is 8.49. The van der Waals surface area contributed by atoms with Crippen LogP contribution >= 0.6 is 11.6 Å². The first-order valence-electron chi connectivity index (χ1n) is 4.31. The fourth-order valence-electron chi connectivity index (χ4n) is 1.36. The van der Waals surface area contributed by atoms with Crippen molar-refractivity contribution in [3.05, 3.63) is 47.1 Å². The summed E-state index contributed by atoms with van der Waals surface area (Å²) in [5, 5.41) is 8.63. The van der Waals surface area contributed by atoms with Crippen molar-refractivity contribution in [2.75, 3.05) is 0 Å². The molecule has 0 saturated carbocycles. The van der Waals surface area contributed by atoms with E-state index in [0.717, 1.165) is 21.8 Å². The Labute approximate surface area is 87.6 Å². The minimum Gasteiger partial charge on any atom is -0.159 e. The van der Waals surface area contributed by atoms with Crippen LogP contribution in [0.3, 0.4) is 0 Å². The quantitative estimate of drug-likeness (QED) is 0.714. The number of nitrogens with zero attached hydrogens (tertiary/aromatic N) is 2. The molecule has 1 heterocycles. The molecule has 3 heteroatoms. The van der Waals surface area contributed by atoms with Crippen LogP contribution in [0, 0.1) is 6.92 Å². The van der Waals surface area contributed by atoms with Crippen LogP contribution in [-0.2, 0) is 0 Å². The Balaban J connectivity index is 2.53. The van der Waals surface area contributed by atoms with E-state index in [1.807, 2.05) is 37.3 Å². The Hall–Kier alpha value is -1.41. The van der Waals surface area contributed by atoms with Gasteiger partial charge in [-0.05, 0) is 36.8 Å². The van der Waals surface area contributed by atoms with E-state index in [1.54, 1.807) is 6.20 Å². The van der Waals surface area contributed by atoms with Crippen LogP contribution in [0.15, 0.2) is 36.5 Å². The third-order valence-electron chi connectivity index (χ3n) is 2.04. The van der Waals surface area contributed by atoms with E-state index >= 15 is 0 Å². The minimum absolute atomic E-state index is 0.746. The maximum atomic E-state index is 5.87. The predicted molar refractivity (Wildman–Crippen MR) is 57.2 cm³/mol. The SMILES string of the molecule is Cc1cc(Cl)ccc1-c1cccnn1. The van der Waals surface area contributed by atoms with Crippen molar-refractivity contribution in [3.63, 3.8) is 0 Å². The third-order valence-corrected chi connectivity index (χ3v) is 2.27. The van der Waals surface area contributed by atoms with Gasteiger partial charge in [0.1, 0.15) is 0 Å². The molecule has 0 bridgehead atoms. The van der Waals surface area contributed by atoms with Gasteiger partial charge >= 0.3 is 0 Å². The minimum atomic E-state index is 0.746. The lowest BCUT2D eigenvalue weighted by Gasteiger charge is -2.03. The maximum Gasteiger partial charge on any atom is 0.0932 e. The highest BCUT2D eigenvalue weighted by Crippen LogP contribution is 2.23. The van der Waals surface area contributed by atoms with Gasteiger partial charge in [-0.1, -0.05) is 17.7 Å². The average molecular weight is 205 g/mol. The molecule has 0 unspecified atom stereocenters. The zero-order chi connectivity index (χ0) is 9.97. The molecule has 1 aromatic carbocycles. The molecule has 2 aromatic rings. The fraction of sp³-hybridized carbons (Fsp3) is 0.0909. The molecule has 0 aliphatic rings. The Kier molecular flexibility index (Phi) is 2.46. The molecule has 0 amide bonds. The molecule has 0 saturated heterocycles. The summed E-state index contributed by atoms with van der Waals surface area (Å²) in [6.45, 7) is 2.01. The van der Waals surface area contributed by atoms with Gasteiger partial charge in [0.25, 0.3) is 0 Å². The van der Waals surface area contributed by atoms with E-state index in [9.17, 15) is 0 Å². The predicted octanol–water partition coefficient (Wildman–Crippen LogP) is 3.11. The standard InChI is InChI=1S/C11H9ClN2/c1-8-7-9(12)4-5-10(8)11-3-2-6-13-14-11/h2-7H,1H3. The second kappa shape index (κ2) is 3.76. The zero-order valence-electron chi connectivity index (χ0n) is 7.74. The number of rotatable bonds is 1. The highest BCUT2D eigenvalue weighted by Gasteiger charge is 2.02. The maximum absolute atomic E-state index is 5.87. The van der Waals surface area contributed by atoms with Crippen molar-refractivity contribution in [2.45, 2.75) is 6.92 Å². The van der Waals surface area contributed by atoms with Crippen molar-refractivity contribution >= 4 is 11.6 Å². The lowest BCUT2D eigenvalue weighted by atomic mass is 10.1. The van der Waals surface area contributed by atoms with Gasteiger partial charge in [-0.2, -0.15) is 10.2 Å². The first kappa shape index (κ1) is 9.16. The summed E-state index contributed by atoms with van der Waals surface area (Å²) in [6.07, 6.45) is 1.66. The normalized spacial score (nSPS) is 10.1. The van der Waals surface area contributed by atoms with Crippen molar-refractivity contribution in [2.24, 2.45) is 0 Å². The largest absolute Gasteiger partial charge is 0.159 e. The number of halogens is 1. The Morgan fingerprint density at radius 3 is 2.71 bits per heavy atom. The highest BCUT2D eigenvalue weighted by atomic mass is 35.5. The molecule has 70 valence electrons. The first-order valence-corrected chi connectivity index (χ1v) is 4.69. The monoisotopic (exact) mass is 204 g/mol. The van der Waals surface area contributed by atoms with Gasteiger partial charge in [0.05, 0.1) is 5.69 Å². The summed E-state index contributed by atoms with van der Waals surface area (Å²) < 4.78 is 0. The van der Waals surface area contributed by atoms with E-state index in [4.69, 9.17) is 11.6 Å². The summed E-state index contributed by atoms with van der Waals surface area (Å²) in [6, 6.07) is 9.55. The first-order chi connectivity index (χ1) is 6.77. The Morgan fingerprint density at radius 2 is 2.07 bits per heavy atom. The molecule has 2 nitrogen and oxygen atoms in total. The van der Waals surface area contributed by atoms with Gasteiger partial charge in [-0.3, -0.25) is 0 Å². The molecule has 14 heavy (non-hydrogen) atoms. The van der Waals surface area contributed by atoms with Crippen LogP contribution in [0.4, 0.5) is 0 Å². The van der Waals surface area contributed by atoms with Crippen LogP contribution in [0.25, 0.3) is 11.3 Å². The second-order valence-electron chi connectivity index (χ2n) is 3.07. The number of hydrogen-bond acceptors (Lipinski definition) is 2. The van der Waals surface area contributed by atoms with Gasteiger partial charge < -0.3 is 0 Å². The molecule has 0 aliphatic heterocycles. The third kappa shape index (κ3) is 1.75. The summed E-state index contributed by atoms with van der Waals surface area (Å²) in [4.78, 5) is 0. The second-order valence-corrected chi connectivity index (χ2v) is 3.50. The number of benzene rings is 1. The molecular weight excluding hydrogens is 196 g/mol. The number of aromatic nitrogens is 2. The van der Waals surface area contributed by atoms with Crippen molar-refractivity contribution < 1.29 is 0 Å². The van der Waals surface area contributed by atoms with Crippen LogP contribution in [0.2, 0.25) is 5.02 Å². The van der Waals surface area contributed by atoms with E-state index in [1.165, 1.54) is 0 Å². The average Bonchev–Trinajstić information content (AvgIpc) is 2.19. The Bertz CT molecular complexity index is 440. The van der Waals surface area contributed by atoms with Gasteiger partial charge in [0.2, 0.25) is 0 Å². The fourth-order valence-corrected chi connectivity index (χ4v) is 1.59. The number of aryl methyl sites for hydroxylation is 1. The van der Waals surface area contributed by atoms with E-state index in [2.05, 4.69) is 10.2 Å². The lowest BCUT2D eigenvalue weighted by Crippen LogP contribution is -1.88. The van der Waals surface area contributed by atoms with Gasteiger partial charge in [0.15, 0.2) is 0 Å². The molecule has 0 atom stereocenters. The molecular formula is C11H9ClN2. The smallest absolute Gasteiger partial charge is 0.0932 e. The topological polar surface area (TPSA) is 25.8 Å². The Morgan fingerprint density at radius 1 is 1.21 bits per heavy atom. The van der Waals surface area contributed by atoms with E-state index in [0.29, 0.717) is 0 Å². The molecule has 0 N–H and O–H groups in total. The molecule has 1 aromatic heterocycles. The summed E-state index contributed by atoms with van der Waals surface area (Å²) in [7, 11) is 0. The lowest BCUT2D eigenvalue weighted by molar-refractivity contribution is 1.04. The van der Waals surface area contributed by atoms with Crippen molar-refractivity contribution in [1.29, 1.82) is 0 Å². The number of hydrogen-bond donors (Lipinski definition) is 0. The summed E-state index contributed by atoms with van der Waals surface area (Å²) in [5.41, 5.74) is 3.06. The molecule has 0 aliphatic carbocycles. The summed E-state index contributed by atoms with van der Waals surface area (Å²) >= 11 is 5.87.